The SMILES string of the molecule is CCNC(=NCc1ccc(N2CCOCC2)cc1)NCC(C)(C)c1ccccc1. The summed E-state index contributed by atoms with van der Waals surface area (Å²) >= 11 is 0. The summed E-state index contributed by atoms with van der Waals surface area (Å²) in [5.74, 6) is 0.855. The largest absolute Gasteiger partial charge is 0.378 e. The first-order chi connectivity index (χ1) is 14.1. The number of aliphatic imine (C=N–C) groups is 1. The second kappa shape index (κ2) is 10.3. The minimum absolute atomic E-state index is 0.0251. The van der Waals surface area contributed by atoms with Crippen LogP contribution in [0.25, 0.3) is 0 Å². The molecule has 29 heavy (non-hydrogen) atoms. The molecule has 156 valence electrons. The van der Waals surface area contributed by atoms with Crippen molar-refractivity contribution in [2.24, 2.45) is 4.99 Å². The highest BCUT2D eigenvalue weighted by Gasteiger charge is 2.20. The lowest BCUT2D eigenvalue weighted by molar-refractivity contribution is 0.122. The van der Waals surface area contributed by atoms with E-state index in [-0.39, 0.29) is 5.41 Å². The molecule has 0 bridgehead atoms. The lowest BCUT2D eigenvalue weighted by Crippen LogP contribution is -2.43. The Bertz CT molecular complexity index is 765. The quantitative estimate of drug-likeness (QED) is 0.557. The van der Waals surface area contributed by atoms with Crippen LogP contribution in [0.15, 0.2) is 59.6 Å². The Kier molecular flexibility index (Phi) is 7.53. The summed E-state index contributed by atoms with van der Waals surface area (Å²) in [6.45, 7) is 12.5. The van der Waals surface area contributed by atoms with Gasteiger partial charge in [0.25, 0.3) is 0 Å². The molecule has 1 aliphatic rings. The summed E-state index contributed by atoms with van der Waals surface area (Å²) in [6.07, 6.45) is 0. The molecule has 0 radical (unpaired) electrons. The molecule has 0 amide bonds. The summed E-state index contributed by atoms with van der Waals surface area (Å²) < 4.78 is 5.43. The third-order valence-electron chi connectivity index (χ3n) is 5.33. The molecule has 1 aliphatic heterocycles. The average Bonchev–Trinajstić information content (AvgIpc) is 2.77. The number of hydrogen-bond acceptors (Lipinski definition) is 3. The van der Waals surface area contributed by atoms with E-state index in [1.54, 1.807) is 0 Å². The fourth-order valence-corrected chi connectivity index (χ4v) is 3.44. The molecule has 1 fully saturated rings. The molecule has 1 saturated heterocycles. The number of anilines is 1. The maximum Gasteiger partial charge on any atom is 0.191 e. The number of guanidine groups is 1. The highest BCUT2D eigenvalue weighted by atomic mass is 16.5. The van der Waals surface area contributed by atoms with E-state index < -0.39 is 0 Å². The van der Waals surface area contributed by atoms with Crippen LogP contribution < -0.4 is 15.5 Å². The lowest BCUT2D eigenvalue weighted by atomic mass is 9.85. The second-order valence-electron chi connectivity index (χ2n) is 8.06. The molecule has 0 aliphatic carbocycles. The van der Waals surface area contributed by atoms with Gasteiger partial charge in [-0.05, 0) is 30.2 Å². The third-order valence-corrected chi connectivity index (χ3v) is 5.33. The fraction of sp³-hybridized carbons (Fsp3) is 0.458. The number of nitrogens with one attached hydrogen (secondary N) is 2. The standard InChI is InChI=1S/C24H34N4O/c1-4-25-23(27-19-24(2,3)21-8-6-5-7-9-21)26-18-20-10-12-22(13-11-20)28-14-16-29-17-15-28/h5-13H,4,14-19H2,1-3H3,(H2,25,26,27). The third kappa shape index (κ3) is 6.23. The number of rotatable bonds is 7. The van der Waals surface area contributed by atoms with Crippen molar-refractivity contribution in [3.8, 4) is 0 Å². The van der Waals surface area contributed by atoms with Gasteiger partial charge in [0, 0.05) is 37.3 Å². The van der Waals surface area contributed by atoms with Gasteiger partial charge in [0.05, 0.1) is 19.8 Å². The van der Waals surface area contributed by atoms with E-state index in [1.165, 1.54) is 16.8 Å². The summed E-state index contributed by atoms with van der Waals surface area (Å²) in [5, 5.41) is 6.87. The summed E-state index contributed by atoms with van der Waals surface area (Å²) in [4.78, 5) is 7.15. The van der Waals surface area contributed by atoms with Crippen molar-refractivity contribution < 1.29 is 4.74 Å². The van der Waals surface area contributed by atoms with Crippen molar-refractivity contribution in [2.45, 2.75) is 32.7 Å². The second-order valence-corrected chi connectivity index (χ2v) is 8.06. The summed E-state index contributed by atoms with van der Waals surface area (Å²) in [7, 11) is 0. The Balaban J connectivity index is 1.58. The normalized spacial score (nSPS) is 15.3. The van der Waals surface area contributed by atoms with Crippen LogP contribution in [0.3, 0.4) is 0 Å². The van der Waals surface area contributed by atoms with E-state index in [0.717, 1.165) is 45.4 Å². The molecule has 2 aromatic carbocycles. The minimum atomic E-state index is 0.0251. The van der Waals surface area contributed by atoms with E-state index in [9.17, 15) is 0 Å². The molecular weight excluding hydrogens is 360 g/mol. The van der Waals surface area contributed by atoms with Crippen LogP contribution in [0.5, 0.6) is 0 Å². The molecule has 5 heteroatoms. The van der Waals surface area contributed by atoms with Gasteiger partial charge in [-0.3, -0.25) is 0 Å². The van der Waals surface area contributed by atoms with Crippen molar-refractivity contribution in [1.82, 2.24) is 10.6 Å². The van der Waals surface area contributed by atoms with Crippen molar-refractivity contribution in [3.05, 3.63) is 65.7 Å². The predicted octanol–water partition coefficient (Wildman–Crippen LogP) is 3.56. The number of benzene rings is 2. The zero-order valence-electron chi connectivity index (χ0n) is 17.9. The molecule has 1 heterocycles. The zero-order chi connectivity index (χ0) is 20.5. The van der Waals surface area contributed by atoms with Crippen LogP contribution in [-0.2, 0) is 16.7 Å². The Hall–Kier alpha value is -2.53. The molecule has 2 aromatic rings. The zero-order valence-corrected chi connectivity index (χ0v) is 17.9. The van der Waals surface area contributed by atoms with Crippen molar-refractivity contribution in [1.29, 1.82) is 0 Å². The van der Waals surface area contributed by atoms with Crippen molar-refractivity contribution in [2.75, 3.05) is 44.3 Å². The van der Waals surface area contributed by atoms with E-state index >= 15 is 0 Å². The van der Waals surface area contributed by atoms with E-state index in [2.05, 4.69) is 90.9 Å². The number of morpholine rings is 1. The maximum absolute atomic E-state index is 5.43. The first kappa shape index (κ1) is 21.2. The summed E-state index contributed by atoms with van der Waals surface area (Å²) in [5.41, 5.74) is 3.82. The highest BCUT2D eigenvalue weighted by Crippen LogP contribution is 2.21. The maximum atomic E-state index is 5.43. The van der Waals surface area contributed by atoms with Gasteiger partial charge in [-0.1, -0.05) is 56.3 Å². The minimum Gasteiger partial charge on any atom is -0.378 e. The molecular formula is C24H34N4O. The predicted molar refractivity (Wildman–Crippen MR) is 122 cm³/mol. The van der Waals surface area contributed by atoms with E-state index in [1.807, 2.05) is 0 Å². The molecule has 0 spiro atoms. The van der Waals surface area contributed by atoms with Crippen LogP contribution >= 0.6 is 0 Å². The Morgan fingerprint density at radius 2 is 1.69 bits per heavy atom. The highest BCUT2D eigenvalue weighted by molar-refractivity contribution is 5.79. The van der Waals surface area contributed by atoms with Crippen molar-refractivity contribution >= 4 is 11.6 Å². The first-order valence-electron chi connectivity index (χ1n) is 10.6. The summed E-state index contributed by atoms with van der Waals surface area (Å²) in [6, 6.07) is 19.3. The molecule has 0 saturated carbocycles. The van der Waals surface area contributed by atoms with Gasteiger partial charge >= 0.3 is 0 Å². The van der Waals surface area contributed by atoms with Crippen LogP contribution in [0.1, 0.15) is 31.9 Å². The fourth-order valence-electron chi connectivity index (χ4n) is 3.44. The van der Waals surface area contributed by atoms with E-state index in [4.69, 9.17) is 9.73 Å². The average molecular weight is 395 g/mol. The Labute approximate surface area is 175 Å². The smallest absolute Gasteiger partial charge is 0.191 e. The van der Waals surface area contributed by atoms with E-state index in [0.29, 0.717) is 6.54 Å². The monoisotopic (exact) mass is 394 g/mol. The van der Waals surface area contributed by atoms with Crippen LogP contribution in [-0.4, -0.2) is 45.4 Å². The molecule has 3 rings (SSSR count). The first-order valence-corrected chi connectivity index (χ1v) is 10.6. The molecule has 5 nitrogen and oxygen atoms in total. The van der Waals surface area contributed by atoms with Gasteiger partial charge in [0.1, 0.15) is 0 Å². The topological polar surface area (TPSA) is 48.9 Å². The molecule has 0 atom stereocenters. The Morgan fingerprint density at radius 1 is 1.00 bits per heavy atom. The molecule has 0 aromatic heterocycles. The van der Waals surface area contributed by atoms with Gasteiger partial charge in [-0.25, -0.2) is 4.99 Å². The van der Waals surface area contributed by atoms with Gasteiger partial charge in [-0.15, -0.1) is 0 Å². The van der Waals surface area contributed by atoms with Gasteiger partial charge < -0.3 is 20.3 Å². The van der Waals surface area contributed by atoms with Crippen molar-refractivity contribution in [3.63, 3.8) is 0 Å². The van der Waals surface area contributed by atoms with Gasteiger partial charge in [-0.2, -0.15) is 0 Å². The van der Waals surface area contributed by atoms with Crippen LogP contribution in [0, 0.1) is 0 Å². The number of hydrogen-bond donors (Lipinski definition) is 2. The van der Waals surface area contributed by atoms with Crippen LogP contribution in [0.4, 0.5) is 5.69 Å². The van der Waals surface area contributed by atoms with Gasteiger partial charge in [0.15, 0.2) is 5.96 Å². The van der Waals surface area contributed by atoms with Crippen LogP contribution in [0.2, 0.25) is 0 Å². The van der Waals surface area contributed by atoms with Gasteiger partial charge in [0.2, 0.25) is 0 Å². The Morgan fingerprint density at radius 3 is 2.34 bits per heavy atom. The lowest BCUT2D eigenvalue weighted by Gasteiger charge is -2.28. The number of ether oxygens (including phenoxy) is 1. The molecule has 2 N–H and O–H groups in total. The number of nitrogens with zero attached hydrogens (tertiary/aromatic N) is 2. The molecule has 0 unspecified atom stereocenters.